The quantitative estimate of drug-likeness (QED) is 0.0588. The summed E-state index contributed by atoms with van der Waals surface area (Å²) in [6.07, 6.45) is 2.56. The highest BCUT2D eigenvalue weighted by atomic mass is 32.1. The molecule has 62 heavy (non-hydrogen) atoms. The van der Waals surface area contributed by atoms with Crippen molar-refractivity contribution in [3.05, 3.63) is 106 Å². The van der Waals surface area contributed by atoms with E-state index < -0.39 is 23.6 Å². The first-order valence-corrected chi connectivity index (χ1v) is 22.6. The maximum atomic E-state index is 14.1. The van der Waals surface area contributed by atoms with Gasteiger partial charge in [0.05, 0.1) is 47.0 Å². The number of amides is 3. The molecule has 330 valence electrons. The third-order valence-corrected chi connectivity index (χ3v) is 12.6. The summed E-state index contributed by atoms with van der Waals surface area (Å²) in [7, 11) is 0. The van der Waals surface area contributed by atoms with E-state index >= 15 is 0 Å². The van der Waals surface area contributed by atoms with E-state index in [0.717, 1.165) is 63.1 Å². The summed E-state index contributed by atoms with van der Waals surface area (Å²) in [5.41, 5.74) is 7.58. The number of fused-ring (bicyclic) bond motifs is 1. The molecule has 0 saturated carbocycles. The molecule has 2 aromatic heterocycles. The van der Waals surface area contributed by atoms with Crippen molar-refractivity contribution in [1.82, 2.24) is 25.1 Å². The second-order valence-corrected chi connectivity index (χ2v) is 18.2. The number of nitrogens with one attached hydrogen (secondary N) is 2. The number of aliphatic hydroxyl groups excluding tert-OH is 1. The predicted molar refractivity (Wildman–Crippen MR) is 243 cm³/mol. The van der Waals surface area contributed by atoms with Gasteiger partial charge in [-0.25, -0.2) is 9.78 Å². The van der Waals surface area contributed by atoms with E-state index in [1.165, 1.54) is 4.90 Å². The smallest absolute Gasteiger partial charge is 0.340 e. The zero-order valence-corrected chi connectivity index (χ0v) is 37.8. The molecule has 3 aromatic carbocycles. The lowest BCUT2D eigenvalue weighted by molar-refractivity contribution is -0.144. The molecule has 3 heterocycles. The van der Waals surface area contributed by atoms with Crippen molar-refractivity contribution in [2.45, 2.75) is 118 Å². The molecule has 0 radical (unpaired) electrons. The summed E-state index contributed by atoms with van der Waals surface area (Å²) in [6, 6.07) is 21.9. The van der Waals surface area contributed by atoms with Crippen LogP contribution >= 0.6 is 11.3 Å². The molecule has 12 nitrogen and oxygen atoms in total. The van der Waals surface area contributed by atoms with Crippen LogP contribution in [0.25, 0.3) is 21.3 Å². The summed E-state index contributed by atoms with van der Waals surface area (Å²) in [6.45, 7) is 14.7. The van der Waals surface area contributed by atoms with Gasteiger partial charge in [-0.15, -0.1) is 11.3 Å². The minimum atomic E-state index is -0.884. The molecule has 0 bridgehead atoms. The fourth-order valence-electron chi connectivity index (χ4n) is 8.16. The number of aliphatic hydroxyl groups is 1. The van der Waals surface area contributed by atoms with Crippen LogP contribution in [-0.4, -0.2) is 81.2 Å². The van der Waals surface area contributed by atoms with Crippen molar-refractivity contribution in [3.8, 4) is 16.2 Å². The van der Waals surface area contributed by atoms with Crippen LogP contribution in [0.4, 0.5) is 0 Å². The number of benzene rings is 3. The molecule has 0 spiro atoms. The Labute approximate surface area is 369 Å². The zero-order valence-electron chi connectivity index (χ0n) is 37.0. The minimum Gasteiger partial charge on any atom is -0.494 e. The van der Waals surface area contributed by atoms with E-state index in [9.17, 15) is 24.3 Å². The maximum Gasteiger partial charge on any atom is 0.340 e. The molecule has 1 fully saturated rings. The minimum absolute atomic E-state index is 0.0137. The summed E-state index contributed by atoms with van der Waals surface area (Å²) in [4.78, 5) is 61.0. The normalized spacial score (nSPS) is 16.2. The Morgan fingerprint density at radius 2 is 1.68 bits per heavy atom. The van der Waals surface area contributed by atoms with Gasteiger partial charge in [0.2, 0.25) is 17.7 Å². The Hall–Kier alpha value is -5.53. The number of thiazole rings is 1. The Balaban J connectivity index is 0.978. The lowest BCUT2D eigenvalue weighted by Crippen LogP contribution is -2.57. The third-order valence-electron chi connectivity index (χ3n) is 11.6. The number of unbranched alkanes of at least 4 members (excludes halogenated alkanes) is 3. The number of likely N-dealkylation sites (tertiary alicyclic amines) is 1. The molecule has 6 rings (SSSR count). The van der Waals surface area contributed by atoms with Gasteiger partial charge in [-0.3, -0.25) is 14.4 Å². The number of aryl methyl sites for hydroxylation is 1. The summed E-state index contributed by atoms with van der Waals surface area (Å²) in [5, 5.41) is 17.5. The average Bonchev–Trinajstić information content (AvgIpc) is 3.93. The van der Waals surface area contributed by atoms with Crippen LogP contribution in [-0.2, 0) is 25.7 Å². The van der Waals surface area contributed by atoms with Crippen molar-refractivity contribution < 1.29 is 33.8 Å². The molecule has 4 atom stereocenters. The van der Waals surface area contributed by atoms with Gasteiger partial charge in [0.1, 0.15) is 17.8 Å². The highest BCUT2D eigenvalue weighted by Gasteiger charge is 2.44. The molecule has 1 aliphatic heterocycles. The highest BCUT2D eigenvalue weighted by molar-refractivity contribution is 7.13. The maximum absolute atomic E-state index is 14.1. The molecule has 3 amide bonds. The largest absolute Gasteiger partial charge is 0.494 e. The Morgan fingerprint density at radius 1 is 0.952 bits per heavy atom. The van der Waals surface area contributed by atoms with Crippen molar-refractivity contribution in [2.75, 3.05) is 19.8 Å². The number of β-amino-alcohol motifs (C(OH)–C–C–N with tert-alkyl or cyclic N) is 1. The molecule has 0 unspecified atom stereocenters. The number of carbonyl (C=O) groups is 4. The van der Waals surface area contributed by atoms with E-state index in [1.807, 2.05) is 108 Å². The lowest BCUT2D eigenvalue weighted by atomic mass is 9.85. The van der Waals surface area contributed by atoms with Gasteiger partial charge >= 0.3 is 5.97 Å². The standard InChI is InChI=1S/C49H61N5O7S/c1-8-60-48(59)43-33(4)53(28-34-16-12-11-13-17-34)40-24-23-38(27-39(40)43)61-25-15-10-9-14-18-42(56)52-45(49(5,6)7)47(58)54-29-37(55)26-41(54)46(57)51-31(2)35-19-21-36(22-20-35)44-32(3)50-30-62-44/h11-13,16-17,19-24,27,30-31,37,41,45,55H,8-10,14-15,18,25-26,28-29H2,1-7H3,(H,51,57)(H,52,56)/t31-,37+,41-,45+/m0/s1. The molecule has 1 aliphatic rings. The van der Waals surface area contributed by atoms with Crippen LogP contribution in [0.2, 0.25) is 0 Å². The first-order chi connectivity index (χ1) is 29.7. The van der Waals surface area contributed by atoms with Gasteiger partial charge < -0.3 is 34.7 Å². The number of esters is 1. The van der Waals surface area contributed by atoms with Gasteiger partial charge in [-0.05, 0) is 80.8 Å². The van der Waals surface area contributed by atoms with Gasteiger partial charge in [0.25, 0.3) is 0 Å². The monoisotopic (exact) mass is 863 g/mol. The summed E-state index contributed by atoms with van der Waals surface area (Å²) >= 11 is 1.58. The number of carbonyl (C=O) groups excluding carboxylic acids is 4. The molecular weight excluding hydrogens is 803 g/mol. The first kappa shape index (κ1) is 46.0. The van der Waals surface area contributed by atoms with Crippen LogP contribution in [0.1, 0.15) is 112 Å². The van der Waals surface area contributed by atoms with Crippen molar-refractivity contribution in [1.29, 1.82) is 0 Å². The molecule has 1 saturated heterocycles. The molecule has 5 aromatic rings. The SMILES string of the molecule is CCOC(=O)c1c(C)n(Cc2ccccc2)c2ccc(OCCCCCCC(=O)N[C@H](C(=O)N3C[C@H](O)C[C@H]3C(=O)N[C@@H](C)c3ccc(-c4scnc4C)cc3)C(C)(C)C)cc12. The predicted octanol–water partition coefficient (Wildman–Crippen LogP) is 8.31. The van der Waals surface area contributed by atoms with Crippen molar-refractivity contribution in [3.63, 3.8) is 0 Å². The molecular formula is C49H61N5O7S. The fourth-order valence-corrected chi connectivity index (χ4v) is 8.97. The first-order valence-electron chi connectivity index (χ1n) is 21.7. The van der Waals surface area contributed by atoms with Crippen LogP contribution in [0.15, 0.2) is 78.3 Å². The number of nitrogens with zero attached hydrogens (tertiary/aromatic N) is 3. The van der Waals surface area contributed by atoms with Gasteiger partial charge in [-0.1, -0.05) is 88.2 Å². The Kier molecular flexibility index (Phi) is 15.2. The molecule has 13 heteroatoms. The second kappa shape index (κ2) is 20.6. The number of hydrogen-bond acceptors (Lipinski definition) is 9. The second-order valence-electron chi connectivity index (χ2n) is 17.3. The third kappa shape index (κ3) is 11.1. The number of ether oxygens (including phenoxy) is 2. The number of hydrogen-bond donors (Lipinski definition) is 3. The highest BCUT2D eigenvalue weighted by Crippen LogP contribution is 2.32. The van der Waals surface area contributed by atoms with Crippen LogP contribution < -0.4 is 15.4 Å². The van der Waals surface area contributed by atoms with Crippen LogP contribution in [0.5, 0.6) is 5.75 Å². The van der Waals surface area contributed by atoms with E-state index in [0.29, 0.717) is 30.9 Å². The fraction of sp³-hybridized carbons (Fsp3) is 0.449. The zero-order chi connectivity index (χ0) is 44.6. The Morgan fingerprint density at radius 3 is 2.35 bits per heavy atom. The van der Waals surface area contributed by atoms with Crippen LogP contribution in [0.3, 0.4) is 0 Å². The number of aromatic nitrogens is 2. The van der Waals surface area contributed by atoms with E-state index in [4.69, 9.17) is 9.47 Å². The summed E-state index contributed by atoms with van der Waals surface area (Å²) in [5.74, 6) is -0.643. The molecule has 0 aliphatic carbocycles. The topological polar surface area (TPSA) is 152 Å². The average molecular weight is 864 g/mol. The Bertz CT molecular complexity index is 2330. The van der Waals surface area contributed by atoms with Gasteiger partial charge in [0.15, 0.2) is 0 Å². The van der Waals surface area contributed by atoms with Crippen LogP contribution in [0, 0.1) is 19.3 Å². The van der Waals surface area contributed by atoms with E-state index in [1.54, 1.807) is 18.3 Å². The van der Waals surface area contributed by atoms with E-state index in [2.05, 4.69) is 32.3 Å². The van der Waals surface area contributed by atoms with Crippen molar-refractivity contribution >= 4 is 45.9 Å². The van der Waals surface area contributed by atoms with Gasteiger partial charge in [-0.2, -0.15) is 0 Å². The van der Waals surface area contributed by atoms with E-state index in [-0.39, 0.29) is 55.7 Å². The molecule has 3 N–H and O–H groups in total. The van der Waals surface area contributed by atoms with Gasteiger partial charge in [0, 0.05) is 42.5 Å². The summed E-state index contributed by atoms with van der Waals surface area (Å²) < 4.78 is 13.7. The number of rotatable bonds is 18. The lowest BCUT2D eigenvalue weighted by Gasteiger charge is -2.35. The van der Waals surface area contributed by atoms with Crippen molar-refractivity contribution in [2.24, 2.45) is 5.41 Å².